The largest absolute Gasteiger partial charge is 0.376 e. The molecule has 0 radical (unpaired) electrons. The number of rotatable bonds is 2. The maximum atomic E-state index is 13.7. The molecule has 104 valence electrons. The Morgan fingerprint density at radius 3 is 2.55 bits per heavy atom. The van der Waals surface area contributed by atoms with Crippen molar-refractivity contribution in [3.63, 3.8) is 0 Å². The lowest BCUT2D eigenvalue weighted by Gasteiger charge is -2.31. The van der Waals surface area contributed by atoms with Gasteiger partial charge in [0.05, 0.1) is 11.7 Å². The van der Waals surface area contributed by atoms with Gasteiger partial charge in [-0.1, -0.05) is 31.2 Å². The molecular formula is C17H17F2N. The van der Waals surface area contributed by atoms with Crippen molar-refractivity contribution in [2.24, 2.45) is 0 Å². The average molecular weight is 273 g/mol. The molecule has 2 unspecified atom stereocenters. The summed E-state index contributed by atoms with van der Waals surface area (Å²) >= 11 is 0. The summed E-state index contributed by atoms with van der Waals surface area (Å²) in [7, 11) is 0. The smallest absolute Gasteiger partial charge is 0.146 e. The second-order valence-corrected chi connectivity index (χ2v) is 5.43. The average Bonchev–Trinajstić information content (AvgIpc) is 2.46. The minimum absolute atomic E-state index is 0.0405. The van der Waals surface area contributed by atoms with Crippen LogP contribution in [-0.2, 0) is 0 Å². The predicted octanol–water partition coefficient (Wildman–Crippen LogP) is 5.02. The highest BCUT2D eigenvalue weighted by Gasteiger charge is 2.24. The molecule has 1 nitrogen and oxygen atoms in total. The van der Waals surface area contributed by atoms with Crippen LogP contribution in [0.1, 0.15) is 42.9 Å². The van der Waals surface area contributed by atoms with Crippen LogP contribution in [-0.4, -0.2) is 0 Å². The van der Waals surface area contributed by atoms with Crippen LogP contribution in [0.3, 0.4) is 0 Å². The molecule has 0 spiro atoms. The van der Waals surface area contributed by atoms with Gasteiger partial charge in [0.25, 0.3) is 0 Å². The molecule has 0 aromatic heterocycles. The fourth-order valence-electron chi connectivity index (χ4n) is 2.95. The number of fused-ring (bicyclic) bond motifs is 1. The van der Waals surface area contributed by atoms with E-state index in [1.165, 1.54) is 17.2 Å². The van der Waals surface area contributed by atoms with Crippen LogP contribution in [0.5, 0.6) is 0 Å². The van der Waals surface area contributed by atoms with Crippen LogP contribution in [0.25, 0.3) is 0 Å². The Kier molecular flexibility index (Phi) is 3.43. The maximum Gasteiger partial charge on any atom is 0.146 e. The second kappa shape index (κ2) is 5.23. The molecule has 3 heteroatoms. The topological polar surface area (TPSA) is 12.0 Å². The maximum absolute atomic E-state index is 13.7. The Hall–Kier alpha value is -1.90. The fraction of sp³-hybridized carbons (Fsp3) is 0.294. The van der Waals surface area contributed by atoms with Crippen molar-refractivity contribution < 1.29 is 8.78 Å². The number of hydrogen-bond donors (Lipinski definition) is 1. The van der Waals surface area contributed by atoms with E-state index < -0.39 is 11.6 Å². The Labute approximate surface area is 117 Å². The van der Waals surface area contributed by atoms with Gasteiger partial charge in [0, 0.05) is 0 Å². The number of hydrogen-bond acceptors (Lipinski definition) is 1. The number of benzene rings is 2. The van der Waals surface area contributed by atoms with Crippen molar-refractivity contribution in [2.75, 3.05) is 5.32 Å². The van der Waals surface area contributed by atoms with Gasteiger partial charge in [-0.15, -0.1) is 0 Å². The van der Waals surface area contributed by atoms with Crippen LogP contribution in [0.15, 0.2) is 42.5 Å². The molecule has 0 bridgehead atoms. The Morgan fingerprint density at radius 2 is 1.75 bits per heavy atom. The molecule has 0 fully saturated rings. The third kappa shape index (κ3) is 2.40. The molecule has 0 amide bonds. The lowest BCUT2D eigenvalue weighted by Crippen LogP contribution is -2.19. The summed E-state index contributed by atoms with van der Waals surface area (Å²) in [4.78, 5) is 0. The summed E-state index contributed by atoms with van der Waals surface area (Å²) in [5.74, 6) is -0.324. The first kappa shape index (κ1) is 13.1. The van der Waals surface area contributed by atoms with E-state index in [1.807, 2.05) is 12.1 Å². The molecule has 0 saturated carbocycles. The van der Waals surface area contributed by atoms with Crippen molar-refractivity contribution in [3.05, 3.63) is 65.2 Å². The molecule has 2 aromatic rings. The standard InChI is InChI=1S/C17H17F2N/c1-11-6-9-16(14-5-3-2-4-13(11)14)20-17-10-12(18)7-8-15(17)19/h2-5,7-8,10-11,16,20H,6,9H2,1H3. The highest BCUT2D eigenvalue weighted by molar-refractivity contribution is 5.49. The molecular weight excluding hydrogens is 256 g/mol. The number of anilines is 1. The number of nitrogens with one attached hydrogen (secondary N) is 1. The quantitative estimate of drug-likeness (QED) is 0.810. The second-order valence-electron chi connectivity index (χ2n) is 5.43. The minimum Gasteiger partial charge on any atom is -0.376 e. The third-order valence-electron chi connectivity index (χ3n) is 4.05. The van der Waals surface area contributed by atoms with Crippen LogP contribution in [0, 0.1) is 11.6 Å². The lowest BCUT2D eigenvalue weighted by atomic mass is 9.81. The van der Waals surface area contributed by atoms with E-state index >= 15 is 0 Å². The van der Waals surface area contributed by atoms with Crippen molar-refractivity contribution in [3.8, 4) is 0 Å². The van der Waals surface area contributed by atoms with Crippen LogP contribution < -0.4 is 5.32 Å². The van der Waals surface area contributed by atoms with Gasteiger partial charge in [-0.25, -0.2) is 8.78 Å². The van der Waals surface area contributed by atoms with E-state index in [0.717, 1.165) is 25.0 Å². The van der Waals surface area contributed by atoms with E-state index in [4.69, 9.17) is 0 Å². The Bertz CT molecular complexity index is 624. The van der Waals surface area contributed by atoms with Gasteiger partial charge in [-0.3, -0.25) is 0 Å². The molecule has 2 atom stereocenters. The molecule has 1 aliphatic carbocycles. The number of halogens is 2. The molecule has 3 rings (SSSR count). The lowest BCUT2D eigenvalue weighted by molar-refractivity contribution is 0.529. The fourth-order valence-corrected chi connectivity index (χ4v) is 2.95. The summed E-state index contributed by atoms with van der Waals surface area (Å²) in [6.07, 6.45) is 1.97. The Morgan fingerprint density at radius 1 is 1.00 bits per heavy atom. The monoisotopic (exact) mass is 273 g/mol. The summed E-state index contributed by atoms with van der Waals surface area (Å²) in [6, 6.07) is 11.8. The van der Waals surface area contributed by atoms with E-state index in [2.05, 4.69) is 24.4 Å². The van der Waals surface area contributed by atoms with E-state index in [1.54, 1.807) is 0 Å². The van der Waals surface area contributed by atoms with Crippen LogP contribution in [0.2, 0.25) is 0 Å². The van der Waals surface area contributed by atoms with Gasteiger partial charge >= 0.3 is 0 Å². The zero-order chi connectivity index (χ0) is 14.1. The highest BCUT2D eigenvalue weighted by atomic mass is 19.1. The zero-order valence-corrected chi connectivity index (χ0v) is 11.4. The van der Waals surface area contributed by atoms with Gasteiger partial charge in [0.15, 0.2) is 0 Å². The molecule has 0 saturated heterocycles. The SMILES string of the molecule is CC1CCC(Nc2cc(F)ccc2F)c2ccccc21. The van der Waals surface area contributed by atoms with E-state index in [0.29, 0.717) is 5.92 Å². The molecule has 0 heterocycles. The molecule has 2 aromatic carbocycles. The van der Waals surface area contributed by atoms with Gasteiger partial charge in [-0.2, -0.15) is 0 Å². The molecule has 0 aliphatic heterocycles. The third-order valence-corrected chi connectivity index (χ3v) is 4.05. The first-order valence-corrected chi connectivity index (χ1v) is 6.95. The van der Waals surface area contributed by atoms with Gasteiger partial charge in [0.1, 0.15) is 11.6 Å². The van der Waals surface area contributed by atoms with Crippen molar-refractivity contribution in [2.45, 2.75) is 31.7 Å². The minimum atomic E-state index is -0.425. The normalized spacial score (nSPS) is 21.4. The molecule has 1 aliphatic rings. The summed E-state index contributed by atoms with van der Waals surface area (Å²) < 4.78 is 27.0. The first-order chi connectivity index (χ1) is 9.65. The summed E-state index contributed by atoms with van der Waals surface area (Å²) in [5, 5.41) is 3.15. The Balaban J connectivity index is 1.92. The summed E-state index contributed by atoms with van der Waals surface area (Å²) in [6.45, 7) is 2.21. The van der Waals surface area contributed by atoms with Crippen molar-refractivity contribution in [1.29, 1.82) is 0 Å². The van der Waals surface area contributed by atoms with Crippen LogP contribution >= 0.6 is 0 Å². The molecule has 1 N–H and O–H groups in total. The van der Waals surface area contributed by atoms with Crippen LogP contribution in [0.4, 0.5) is 14.5 Å². The van der Waals surface area contributed by atoms with E-state index in [9.17, 15) is 8.78 Å². The predicted molar refractivity (Wildman–Crippen MR) is 76.8 cm³/mol. The van der Waals surface area contributed by atoms with Gasteiger partial charge in [0.2, 0.25) is 0 Å². The van der Waals surface area contributed by atoms with E-state index in [-0.39, 0.29) is 11.7 Å². The summed E-state index contributed by atoms with van der Waals surface area (Å²) in [5.41, 5.74) is 2.72. The first-order valence-electron chi connectivity index (χ1n) is 6.95. The van der Waals surface area contributed by atoms with Gasteiger partial charge < -0.3 is 5.32 Å². The van der Waals surface area contributed by atoms with Crippen molar-refractivity contribution >= 4 is 5.69 Å². The zero-order valence-electron chi connectivity index (χ0n) is 11.4. The van der Waals surface area contributed by atoms with Crippen molar-refractivity contribution in [1.82, 2.24) is 0 Å². The van der Waals surface area contributed by atoms with Gasteiger partial charge in [-0.05, 0) is 48.1 Å². The highest BCUT2D eigenvalue weighted by Crippen LogP contribution is 2.39. The molecule has 20 heavy (non-hydrogen) atoms.